The van der Waals surface area contributed by atoms with Gasteiger partial charge in [0.1, 0.15) is 6.54 Å². The Bertz CT molecular complexity index is 680. The number of nitrogens with zero attached hydrogens (tertiary/aromatic N) is 1. The summed E-state index contributed by atoms with van der Waals surface area (Å²) in [4.78, 5) is 27.7. The number of fused-ring (bicyclic) bond motifs is 1. The number of para-hydroxylation sites is 1. The normalized spacial score (nSPS) is 19.1. The lowest BCUT2D eigenvalue weighted by Gasteiger charge is -2.32. The quantitative estimate of drug-likeness (QED) is 0.768. The molecule has 0 aliphatic carbocycles. The number of aliphatic carboxylic acids is 1. The van der Waals surface area contributed by atoms with Crippen molar-refractivity contribution in [2.24, 2.45) is 0 Å². The highest BCUT2D eigenvalue weighted by atomic mass is 16.4. The average Bonchev–Trinajstić information content (AvgIpc) is 2.86. The molecule has 1 saturated heterocycles. The number of carbonyl (C=O) groups is 2. The molecule has 2 aromatic rings. The highest BCUT2D eigenvalue weighted by molar-refractivity contribution is 5.88. The maximum absolute atomic E-state index is 12.3. The molecule has 6 heteroatoms. The van der Waals surface area contributed by atoms with Crippen LogP contribution in [0.2, 0.25) is 0 Å². The topological polar surface area (TPSA) is 85.4 Å². The van der Waals surface area contributed by atoms with Crippen molar-refractivity contribution in [3.8, 4) is 0 Å². The Hall–Kier alpha value is -2.34. The molecule has 1 aromatic carbocycles. The molecule has 110 valence electrons. The van der Waals surface area contributed by atoms with Gasteiger partial charge in [0.05, 0.1) is 6.04 Å². The van der Waals surface area contributed by atoms with Crippen molar-refractivity contribution in [3.63, 3.8) is 0 Å². The van der Waals surface area contributed by atoms with Gasteiger partial charge in [0.2, 0.25) is 5.91 Å². The van der Waals surface area contributed by atoms with Crippen molar-refractivity contribution < 1.29 is 14.7 Å². The minimum atomic E-state index is -0.976. The van der Waals surface area contributed by atoms with Crippen molar-refractivity contribution in [2.75, 3.05) is 19.6 Å². The molecule has 21 heavy (non-hydrogen) atoms. The Morgan fingerprint density at radius 2 is 2.19 bits per heavy atom. The molecule has 2 heterocycles. The Morgan fingerprint density at radius 1 is 1.38 bits per heavy atom. The average molecular weight is 287 g/mol. The fraction of sp³-hybridized carbons (Fsp3) is 0.333. The standard InChI is InChI=1S/C15H17N3O3/c19-14(20)9-18-6-5-16-13(15(18)21)7-10-8-17-12-4-2-1-3-11(10)12/h1-4,8,13,16-17H,5-7,9H2,(H,19,20)/t13-/m1/s1. The van der Waals surface area contributed by atoms with E-state index in [2.05, 4.69) is 10.3 Å². The number of carboxylic acid groups (broad SMARTS) is 1. The van der Waals surface area contributed by atoms with Gasteiger partial charge in [-0.3, -0.25) is 9.59 Å². The van der Waals surface area contributed by atoms with Gasteiger partial charge in [0.25, 0.3) is 0 Å². The number of amides is 1. The number of rotatable bonds is 4. The summed E-state index contributed by atoms with van der Waals surface area (Å²) in [6.45, 7) is 0.826. The Labute approximate surface area is 121 Å². The largest absolute Gasteiger partial charge is 0.480 e. The fourth-order valence-corrected chi connectivity index (χ4v) is 2.79. The van der Waals surface area contributed by atoms with E-state index >= 15 is 0 Å². The Morgan fingerprint density at radius 3 is 3.00 bits per heavy atom. The van der Waals surface area contributed by atoms with Gasteiger partial charge in [-0.25, -0.2) is 0 Å². The summed E-state index contributed by atoms with van der Waals surface area (Å²) < 4.78 is 0. The molecule has 1 aliphatic rings. The number of aromatic amines is 1. The second-order valence-electron chi connectivity index (χ2n) is 5.22. The zero-order valence-electron chi connectivity index (χ0n) is 11.5. The summed E-state index contributed by atoms with van der Waals surface area (Å²) in [5.41, 5.74) is 2.10. The highest BCUT2D eigenvalue weighted by Gasteiger charge is 2.29. The van der Waals surface area contributed by atoms with E-state index in [1.807, 2.05) is 30.5 Å². The van der Waals surface area contributed by atoms with Gasteiger partial charge in [-0.15, -0.1) is 0 Å². The third-order valence-electron chi connectivity index (χ3n) is 3.81. The zero-order chi connectivity index (χ0) is 14.8. The molecule has 3 rings (SSSR count). The molecule has 0 spiro atoms. The minimum Gasteiger partial charge on any atom is -0.480 e. The molecule has 0 unspecified atom stereocenters. The van der Waals surface area contributed by atoms with E-state index in [1.165, 1.54) is 4.90 Å². The van der Waals surface area contributed by atoms with Crippen LogP contribution in [0.3, 0.4) is 0 Å². The molecule has 0 saturated carbocycles. The van der Waals surface area contributed by atoms with Gasteiger partial charge in [0, 0.05) is 30.2 Å². The van der Waals surface area contributed by atoms with Crippen LogP contribution in [0.4, 0.5) is 0 Å². The number of carbonyl (C=O) groups excluding carboxylic acids is 1. The number of H-pyrrole nitrogens is 1. The number of aromatic nitrogens is 1. The molecule has 6 nitrogen and oxygen atoms in total. The summed E-state index contributed by atoms with van der Waals surface area (Å²) in [7, 11) is 0. The van der Waals surface area contributed by atoms with Gasteiger partial charge in [0.15, 0.2) is 0 Å². The fourth-order valence-electron chi connectivity index (χ4n) is 2.79. The van der Waals surface area contributed by atoms with Crippen LogP contribution in [-0.4, -0.2) is 52.5 Å². The van der Waals surface area contributed by atoms with Crippen LogP contribution in [0.1, 0.15) is 5.56 Å². The summed E-state index contributed by atoms with van der Waals surface area (Å²) in [5.74, 6) is -1.12. The molecule has 3 N–H and O–H groups in total. The smallest absolute Gasteiger partial charge is 0.323 e. The van der Waals surface area contributed by atoms with E-state index < -0.39 is 5.97 Å². The first kappa shape index (κ1) is 13.6. The lowest BCUT2D eigenvalue weighted by Crippen LogP contribution is -2.56. The molecular weight excluding hydrogens is 270 g/mol. The summed E-state index contributed by atoms with van der Waals surface area (Å²) >= 11 is 0. The molecular formula is C15H17N3O3. The summed E-state index contributed by atoms with van der Waals surface area (Å²) in [6, 6.07) is 7.57. The van der Waals surface area contributed by atoms with E-state index in [1.54, 1.807) is 0 Å². The third kappa shape index (κ3) is 2.75. The molecule has 1 atom stereocenters. The number of nitrogens with one attached hydrogen (secondary N) is 2. The molecule has 0 bridgehead atoms. The van der Waals surface area contributed by atoms with Crippen LogP contribution in [0, 0.1) is 0 Å². The van der Waals surface area contributed by atoms with Crippen LogP contribution in [0.25, 0.3) is 10.9 Å². The monoisotopic (exact) mass is 287 g/mol. The molecule has 1 aliphatic heterocycles. The van der Waals surface area contributed by atoms with E-state index in [4.69, 9.17) is 5.11 Å². The first-order chi connectivity index (χ1) is 10.1. The maximum atomic E-state index is 12.3. The van der Waals surface area contributed by atoms with Crippen LogP contribution >= 0.6 is 0 Å². The highest BCUT2D eigenvalue weighted by Crippen LogP contribution is 2.20. The summed E-state index contributed by atoms with van der Waals surface area (Å²) in [6.07, 6.45) is 2.47. The van der Waals surface area contributed by atoms with E-state index in [0.29, 0.717) is 19.5 Å². The van der Waals surface area contributed by atoms with Crippen LogP contribution in [-0.2, 0) is 16.0 Å². The number of benzene rings is 1. The van der Waals surface area contributed by atoms with Crippen molar-refractivity contribution in [2.45, 2.75) is 12.5 Å². The van der Waals surface area contributed by atoms with Gasteiger partial charge >= 0.3 is 5.97 Å². The van der Waals surface area contributed by atoms with Crippen LogP contribution in [0.15, 0.2) is 30.5 Å². The van der Waals surface area contributed by atoms with Crippen molar-refractivity contribution in [3.05, 3.63) is 36.0 Å². The van der Waals surface area contributed by atoms with Crippen LogP contribution in [0.5, 0.6) is 0 Å². The third-order valence-corrected chi connectivity index (χ3v) is 3.81. The van der Waals surface area contributed by atoms with E-state index in [9.17, 15) is 9.59 Å². The van der Waals surface area contributed by atoms with Crippen molar-refractivity contribution in [1.82, 2.24) is 15.2 Å². The molecule has 1 aromatic heterocycles. The van der Waals surface area contributed by atoms with Crippen LogP contribution < -0.4 is 5.32 Å². The predicted molar refractivity (Wildman–Crippen MR) is 78.0 cm³/mol. The number of piperazine rings is 1. The number of hydrogen-bond acceptors (Lipinski definition) is 3. The van der Waals surface area contributed by atoms with Gasteiger partial charge in [-0.1, -0.05) is 18.2 Å². The first-order valence-corrected chi connectivity index (χ1v) is 6.94. The number of hydrogen-bond donors (Lipinski definition) is 3. The second-order valence-corrected chi connectivity index (χ2v) is 5.22. The van der Waals surface area contributed by atoms with Gasteiger partial charge in [-0.05, 0) is 18.1 Å². The minimum absolute atomic E-state index is 0.145. The summed E-state index contributed by atoms with van der Waals surface area (Å²) in [5, 5.41) is 13.1. The zero-order valence-corrected chi connectivity index (χ0v) is 11.5. The predicted octanol–water partition coefficient (Wildman–Crippen LogP) is 0.595. The van der Waals surface area contributed by atoms with E-state index in [0.717, 1.165) is 16.5 Å². The molecule has 1 fully saturated rings. The first-order valence-electron chi connectivity index (χ1n) is 6.94. The maximum Gasteiger partial charge on any atom is 0.323 e. The number of carboxylic acids is 1. The second kappa shape index (κ2) is 5.57. The van der Waals surface area contributed by atoms with E-state index in [-0.39, 0.29) is 18.5 Å². The van der Waals surface area contributed by atoms with Crippen molar-refractivity contribution in [1.29, 1.82) is 0 Å². The van der Waals surface area contributed by atoms with Crippen molar-refractivity contribution >= 4 is 22.8 Å². The Kier molecular flexibility index (Phi) is 3.62. The SMILES string of the molecule is O=C(O)CN1CCN[C@H](Cc2c[nH]c3ccccc23)C1=O. The Balaban J connectivity index is 1.77. The molecule has 1 amide bonds. The molecule has 0 radical (unpaired) electrons. The lowest BCUT2D eigenvalue weighted by atomic mass is 10.0. The lowest BCUT2D eigenvalue weighted by molar-refractivity contribution is -0.146. The van der Waals surface area contributed by atoms with Gasteiger partial charge in [-0.2, -0.15) is 0 Å². The van der Waals surface area contributed by atoms with Gasteiger partial charge < -0.3 is 20.3 Å².